The Hall–Kier alpha value is -2.37. The van der Waals surface area contributed by atoms with Crippen LogP contribution in [0, 0.1) is 20.8 Å². The zero-order valence-corrected chi connectivity index (χ0v) is 12.2. The van der Waals surface area contributed by atoms with Crippen molar-refractivity contribution in [3.05, 3.63) is 34.8 Å². The maximum atomic E-state index is 4.46. The van der Waals surface area contributed by atoms with Gasteiger partial charge in [0.2, 0.25) is 0 Å². The third-order valence-corrected chi connectivity index (χ3v) is 3.64. The fourth-order valence-corrected chi connectivity index (χ4v) is 2.41. The molecular weight excluding hydrogens is 252 g/mol. The second-order valence-corrected chi connectivity index (χ2v) is 5.11. The highest BCUT2D eigenvalue weighted by atomic mass is 15.3. The lowest BCUT2D eigenvalue weighted by Gasteiger charge is -2.05. The van der Waals surface area contributed by atoms with E-state index >= 15 is 0 Å². The van der Waals surface area contributed by atoms with E-state index in [-0.39, 0.29) is 0 Å². The Morgan fingerprint density at radius 2 is 2.10 bits per heavy atom. The number of nitrogens with zero attached hydrogens (tertiary/aromatic N) is 4. The predicted octanol–water partition coefficient (Wildman–Crippen LogP) is 2.23. The number of nitrogens with one attached hydrogen (secondary N) is 2. The van der Waals surface area contributed by atoms with Crippen LogP contribution in [-0.2, 0) is 13.6 Å². The van der Waals surface area contributed by atoms with Gasteiger partial charge in [-0.3, -0.25) is 9.78 Å². The number of hydrogen-bond acceptors (Lipinski definition) is 4. The lowest BCUT2D eigenvalue weighted by atomic mass is 10.1. The Morgan fingerprint density at radius 1 is 1.30 bits per heavy atom. The third kappa shape index (κ3) is 2.03. The average Bonchev–Trinajstić information content (AvgIpc) is 2.93. The van der Waals surface area contributed by atoms with E-state index in [1.165, 1.54) is 11.1 Å². The second-order valence-electron chi connectivity index (χ2n) is 5.11. The first-order chi connectivity index (χ1) is 9.56. The highest BCUT2D eigenvalue weighted by Gasteiger charge is 2.11. The molecule has 6 heteroatoms. The van der Waals surface area contributed by atoms with Gasteiger partial charge in [-0.25, -0.2) is 4.98 Å². The number of rotatable bonds is 3. The molecule has 20 heavy (non-hydrogen) atoms. The largest absolute Gasteiger partial charge is 0.364 e. The highest BCUT2D eigenvalue weighted by Crippen LogP contribution is 2.24. The molecule has 3 rings (SSSR count). The SMILES string of the molecule is Cc1cc(C)c2c(NCc3cnn(C)c3C)n[nH]c2n1. The summed E-state index contributed by atoms with van der Waals surface area (Å²) in [6.07, 6.45) is 1.88. The Labute approximate surface area is 117 Å². The third-order valence-electron chi connectivity index (χ3n) is 3.64. The van der Waals surface area contributed by atoms with Crippen molar-refractivity contribution in [1.82, 2.24) is 25.0 Å². The van der Waals surface area contributed by atoms with Gasteiger partial charge in [-0.1, -0.05) is 0 Å². The molecule has 2 N–H and O–H groups in total. The number of anilines is 1. The molecule has 0 saturated heterocycles. The van der Waals surface area contributed by atoms with Crippen molar-refractivity contribution < 1.29 is 0 Å². The summed E-state index contributed by atoms with van der Waals surface area (Å²) in [5, 5.41) is 16.0. The van der Waals surface area contributed by atoms with Crippen molar-refractivity contribution in [2.24, 2.45) is 7.05 Å². The Bertz CT molecular complexity index is 767. The molecule has 0 aliphatic carbocycles. The molecule has 0 saturated carbocycles. The maximum absolute atomic E-state index is 4.46. The van der Waals surface area contributed by atoms with Crippen LogP contribution >= 0.6 is 0 Å². The quantitative estimate of drug-likeness (QED) is 0.765. The average molecular weight is 270 g/mol. The number of aromatic amines is 1. The van der Waals surface area contributed by atoms with Crippen LogP contribution in [0.1, 0.15) is 22.5 Å². The van der Waals surface area contributed by atoms with Crippen molar-refractivity contribution in [2.45, 2.75) is 27.3 Å². The summed E-state index contributed by atoms with van der Waals surface area (Å²) in [6, 6.07) is 2.07. The standard InChI is InChI=1S/C14H18N6/c1-8-5-9(2)17-14-12(8)13(18-19-14)15-6-11-7-16-20(4)10(11)3/h5,7H,6H2,1-4H3,(H2,15,17,18,19). The number of aryl methyl sites for hydroxylation is 3. The van der Waals surface area contributed by atoms with Gasteiger partial charge in [0.1, 0.15) is 0 Å². The van der Waals surface area contributed by atoms with Crippen molar-refractivity contribution in [2.75, 3.05) is 5.32 Å². The molecule has 6 nitrogen and oxygen atoms in total. The summed E-state index contributed by atoms with van der Waals surface area (Å²) in [5.41, 5.74) is 5.32. The minimum Gasteiger partial charge on any atom is -0.364 e. The van der Waals surface area contributed by atoms with E-state index in [2.05, 4.69) is 45.5 Å². The van der Waals surface area contributed by atoms with Gasteiger partial charge < -0.3 is 5.32 Å². The number of pyridine rings is 1. The fraction of sp³-hybridized carbons (Fsp3) is 0.357. The van der Waals surface area contributed by atoms with Crippen molar-refractivity contribution in [3.63, 3.8) is 0 Å². The summed E-state index contributed by atoms with van der Waals surface area (Å²) in [6.45, 7) is 6.82. The first-order valence-electron chi connectivity index (χ1n) is 6.60. The predicted molar refractivity (Wildman–Crippen MR) is 78.6 cm³/mol. The molecule has 3 aromatic rings. The van der Waals surface area contributed by atoms with Crippen LogP contribution in [0.15, 0.2) is 12.3 Å². The summed E-state index contributed by atoms with van der Waals surface area (Å²) < 4.78 is 1.87. The van der Waals surface area contributed by atoms with Crippen LogP contribution in [0.5, 0.6) is 0 Å². The minimum absolute atomic E-state index is 0.701. The van der Waals surface area contributed by atoms with Crippen LogP contribution in [0.2, 0.25) is 0 Å². The molecule has 0 unspecified atom stereocenters. The molecule has 0 amide bonds. The van der Waals surface area contributed by atoms with E-state index in [9.17, 15) is 0 Å². The Balaban J connectivity index is 1.90. The lowest BCUT2D eigenvalue weighted by molar-refractivity contribution is 0.738. The molecule has 0 fully saturated rings. The molecule has 3 aromatic heterocycles. The molecular formula is C14H18N6. The van der Waals surface area contributed by atoms with E-state index in [1.807, 2.05) is 24.9 Å². The van der Waals surface area contributed by atoms with Crippen LogP contribution in [0.4, 0.5) is 5.82 Å². The smallest absolute Gasteiger partial charge is 0.157 e. The van der Waals surface area contributed by atoms with Crippen molar-refractivity contribution >= 4 is 16.9 Å². The van der Waals surface area contributed by atoms with Gasteiger partial charge in [-0.15, -0.1) is 0 Å². The zero-order chi connectivity index (χ0) is 14.3. The van der Waals surface area contributed by atoms with Gasteiger partial charge in [-0.05, 0) is 32.4 Å². The molecule has 0 aliphatic rings. The van der Waals surface area contributed by atoms with Crippen LogP contribution in [0.3, 0.4) is 0 Å². The monoisotopic (exact) mass is 270 g/mol. The number of fused-ring (bicyclic) bond motifs is 1. The highest BCUT2D eigenvalue weighted by molar-refractivity contribution is 5.90. The normalized spacial score (nSPS) is 11.2. The van der Waals surface area contributed by atoms with Crippen molar-refractivity contribution in [1.29, 1.82) is 0 Å². The molecule has 3 heterocycles. The lowest BCUT2D eigenvalue weighted by Crippen LogP contribution is -2.02. The molecule has 0 radical (unpaired) electrons. The molecule has 0 atom stereocenters. The van der Waals surface area contributed by atoms with Gasteiger partial charge in [0.05, 0.1) is 11.6 Å². The van der Waals surface area contributed by atoms with E-state index in [4.69, 9.17) is 0 Å². The van der Waals surface area contributed by atoms with Gasteiger partial charge in [-0.2, -0.15) is 10.2 Å². The Kier molecular flexibility index (Phi) is 2.93. The van der Waals surface area contributed by atoms with Gasteiger partial charge in [0.25, 0.3) is 0 Å². The van der Waals surface area contributed by atoms with Crippen LogP contribution < -0.4 is 5.32 Å². The maximum Gasteiger partial charge on any atom is 0.157 e. The van der Waals surface area contributed by atoms with Crippen LogP contribution in [0.25, 0.3) is 11.0 Å². The van der Waals surface area contributed by atoms with E-state index in [1.54, 1.807) is 0 Å². The second kappa shape index (κ2) is 4.63. The molecule has 104 valence electrons. The number of hydrogen-bond donors (Lipinski definition) is 2. The van der Waals surface area contributed by atoms with Gasteiger partial charge >= 0.3 is 0 Å². The first kappa shape index (κ1) is 12.7. The topological polar surface area (TPSA) is 71.4 Å². The number of H-pyrrole nitrogens is 1. The Morgan fingerprint density at radius 3 is 2.80 bits per heavy atom. The summed E-state index contributed by atoms with van der Waals surface area (Å²) in [4.78, 5) is 4.46. The molecule has 0 aliphatic heterocycles. The summed E-state index contributed by atoms with van der Waals surface area (Å²) in [5.74, 6) is 0.841. The van der Waals surface area contributed by atoms with E-state index in [0.717, 1.165) is 28.2 Å². The van der Waals surface area contributed by atoms with Gasteiger partial charge in [0, 0.05) is 30.5 Å². The van der Waals surface area contributed by atoms with E-state index in [0.29, 0.717) is 6.54 Å². The molecule has 0 spiro atoms. The van der Waals surface area contributed by atoms with Gasteiger partial charge in [0.15, 0.2) is 11.5 Å². The first-order valence-corrected chi connectivity index (χ1v) is 6.60. The molecule has 0 aromatic carbocycles. The summed E-state index contributed by atoms with van der Waals surface area (Å²) in [7, 11) is 1.94. The van der Waals surface area contributed by atoms with Crippen molar-refractivity contribution in [3.8, 4) is 0 Å². The zero-order valence-electron chi connectivity index (χ0n) is 12.2. The minimum atomic E-state index is 0.701. The van der Waals surface area contributed by atoms with Crippen LogP contribution in [-0.4, -0.2) is 25.0 Å². The summed E-state index contributed by atoms with van der Waals surface area (Å²) >= 11 is 0. The molecule has 0 bridgehead atoms. The fourth-order valence-electron chi connectivity index (χ4n) is 2.41. The number of aromatic nitrogens is 5. The van der Waals surface area contributed by atoms with E-state index < -0.39 is 0 Å².